The molecular formula is C24H25BrClF2N3O4. The monoisotopic (exact) mass is 571 g/mol. The third-order valence-corrected chi connectivity index (χ3v) is 7.05. The van der Waals surface area contributed by atoms with E-state index in [-0.39, 0.29) is 23.3 Å². The number of carbonyl (C=O) groups excluding carboxylic acids is 2. The largest absolute Gasteiger partial charge is 0.487 e. The quantitative estimate of drug-likeness (QED) is 0.473. The summed E-state index contributed by atoms with van der Waals surface area (Å²) in [6, 6.07) is 8.56. The van der Waals surface area contributed by atoms with Crippen LogP contribution in [0.25, 0.3) is 0 Å². The van der Waals surface area contributed by atoms with Crippen molar-refractivity contribution in [3.63, 3.8) is 0 Å². The Balaban J connectivity index is 1.49. The number of alkyl halides is 3. The fourth-order valence-corrected chi connectivity index (χ4v) is 5.68. The Bertz CT molecular complexity index is 1140. The maximum atomic E-state index is 13.3. The number of carbonyl (C=O) groups is 2. The fourth-order valence-electron chi connectivity index (χ4n) is 4.64. The van der Waals surface area contributed by atoms with E-state index < -0.39 is 17.0 Å². The maximum Gasteiger partial charge on any atom is 0.487 e. The summed E-state index contributed by atoms with van der Waals surface area (Å²) >= 11 is 8.30. The van der Waals surface area contributed by atoms with Crippen molar-refractivity contribution in [3.05, 3.63) is 57.6 Å². The van der Waals surface area contributed by atoms with Gasteiger partial charge in [0, 0.05) is 64.6 Å². The number of aliphatic hydroxyl groups is 1. The lowest BCUT2D eigenvalue weighted by atomic mass is 9.92. The Morgan fingerprint density at radius 1 is 1.29 bits per heavy atom. The number of nitrogens with zero attached hydrogens (tertiary/aromatic N) is 2. The van der Waals surface area contributed by atoms with E-state index in [2.05, 4.69) is 30.9 Å². The first-order valence-corrected chi connectivity index (χ1v) is 12.3. The first-order chi connectivity index (χ1) is 16.3. The van der Waals surface area contributed by atoms with Gasteiger partial charge in [0.1, 0.15) is 5.75 Å². The molecule has 2 N–H and O–H groups in total. The van der Waals surface area contributed by atoms with Gasteiger partial charge in [-0.1, -0.05) is 15.9 Å². The molecule has 2 aliphatic rings. The molecule has 2 aromatic rings. The molecule has 11 heteroatoms. The van der Waals surface area contributed by atoms with E-state index in [0.717, 1.165) is 18.5 Å². The molecule has 2 heterocycles. The highest BCUT2D eigenvalue weighted by atomic mass is 79.9. The van der Waals surface area contributed by atoms with Crippen molar-refractivity contribution in [1.82, 2.24) is 9.80 Å². The van der Waals surface area contributed by atoms with Gasteiger partial charge in [0.05, 0.1) is 11.6 Å². The number of hydrogen-bond donors (Lipinski definition) is 2. The van der Waals surface area contributed by atoms with E-state index in [1.807, 2.05) is 13.8 Å². The van der Waals surface area contributed by atoms with Gasteiger partial charge in [-0.2, -0.15) is 0 Å². The van der Waals surface area contributed by atoms with Crippen molar-refractivity contribution >= 4 is 45.0 Å². The van der Waals surface area contributed by atoms with Gasteiger partial charge in [-0.25, -0.2) is 0 Å². The van der Waals surface area contributed by atoms with Crippen molar-refractivity contribution in [2.45, 2.75) is 37.5 Å². The van der Waals surface area contributed by atoms with Gasteiger partial charge in [-0.15, -0.1) is 8.78 Å². The predicted octanol–water partition coefficient (Wildman–Crippen LogP) is 4.63. The highest BCUT2D eigenvalue weighted by Crippen LogP contribution is 2.43. The molecule has 1 fully saturated rings. The van der Waals surface area contributed by atoms with Crippen molar-refractivity contribution < 1.29 is 28.2 Å². The van der Waals surface area contributed by atoms with Gasteiger partial charge in [-0.3, -0.25) is 14.5 Å². The number of anilines is 1. The van der Waals surface area contributed by atoms with Gasteiger partial charge in [0.15, 0.2) is 0 Å². The molecule has 2 amide bonds. The van der Waals surface area contributed by atoms with Crippen molar-refractivity contribution in [2.75, 3.05) is 31.5 Å². The second kappa shape index (κ2) is 9.65. The Morgan fingerprint density at radius 2 is 1.97 bits per heavy atom. The van der Waals surface area contributed by atoms with Gasteiger partial charge in [-0.05, 0) is 56.7 Å². The summed E-state index contributed by atoms with van der Waals surface area (Å²) in [6.45, 7) is 6.48. The molecule has 0 radical (unpaired) electrons. The standard InChI is InChI=1S/C24H25BrClF2N3O4/c1-23(2)20-18(22(34)31(23)10-9-30-8-7-16(32)13-30)11-14(12-19(20)25)21(33)29-15-3-5-17(6-4-15)35-24(26,27)28/h3-6,11-12,16,32H,7-10,13H2,1-2H3,(H,29,33)/t16-/m1/s1. The van der Waals surface area contributed by atoms with Gasteiger partial charge >= 0.3 is 5.57 Å². The van der Waals surface area contributed by atoms with Gasteiger partial charge < -0.3 is 20.1 Å². The van der Waals surface area contributed by atoms with Gasteiger partial charge in [0.2, 0.25) is 0 Å². The zero-order valence-corrected chi connectivity index (χ0v) is 21.5. The third-order valence-electron chi connectivity index (χ3n) is 6.35. The molecule has 7 nitrogen and oxygen atoms in total. The number of fused-ring (bicyclic) bond motifs is 1. The first kappa shape index (κ1) is 25.8. The highest BCUT2D eigenvalue weighted by molar-refractivity contribution is 9.10. The molecule has 2 aromatic carbocycles. The summed E-state index contributed by atoms with van der Waals surface area (Å²) in [5, 5.41) is 12.5. The number of ether oxygens (including phenoxy) is 1. The predicted molar refractivity (Wildman–Crippen MR) is 131 cm³/mol. The van der Waals surface area contributed by atoms with Crippen LogP contribution in [0.4, 0.5) is 14.5 Å². The number of likely N-dealkylation sites (tertiary alicyclic amines) is 1. The minimum atomic E-state index is -3.83. The van der Waals surface area contributed by atoms with Crippen LogP contribution in [0, 0.1) is 0 Å². The number of hydrogen-bond acceptors (Lipinski definition) is 5. The molecule has 188 valence electrons. The SMILES string of the molecule is CC1(C)c2c(Br)cc(C(=O)Nc3ccc(OC(F)(F)Cl)cc3)cc2C(=O)N1CCN1CC[C@@H](O)C1. The summed E-state index contributed by atoms with van der Waals surface area (Å²) in [4.78, 5) is 30.2. The Labute approximate surface area is 215 Å². The molecule has 0 saturated carbocycles. The van der Waals surface area contributed by atoms with Crippen LogP contribution < -0.4 is 10.1 Å². The van der Waals surface area contributed by atoms with Crippen molar-refractivity contribution in [3.8, 4) is 5.75 Å². The van der Waals surface area contributed by atoms with E-state index in [4.69, 9.17) is 11.6 Å². The molecule has 0 bridgehead atoms. The summed E-state index contributed by atoms with van der Waals surface area (Å²) in [5.41, 5.74) is -2.52. The van der Waals surface area contributed by atoms with E-state index in [9.17, 15) is 23.5 Å². The van der Waals surface area contributed by atoms with Crippen molar-refractivity contribution in [2.24, 2.45) is 0 Å². The molecule has 0 unspecified atom stereocenters. The van der Waals surface area contributed by atoms with Crippen LogP contribution in [0.2, 0.25) is 0 Å². The Hall–Kier alpha value is -2.27. The average Bonchev–Trinajstić information content (AvgIpc) is 3.25. The number of nitrogens with one attached hydrogen (secondary N) is 1. The lowest BCUT2D eigenvalue weighted by Gasteiger charge is -2.34. The van der Waals surface area contributed by atoms with Crippen LogP contribution in [-0.2, 0) is 5.54 Å². The molecule has 0 spiro atoms. The molecule has 1 saturated heterocycles. The summed E-state index contributed by atoms with van der Waals surface area (Å²) < 4.78 is 30.4. The lowest BCUT2D eigenvalue weighted by Crippen LogP contribution is -2.43. The minimum absolute atomic E-state index is 0.153. The van der Waals surface area contributed by atoms with E-state index >= 15 is 0 Å². The zero-order chi connectivity index (χ0) is 25.5. The van der Waals surface area contributed by atoms with E-state index in [1.54, 1.807) is 17.0 Å². The highest BCUT2D eigenvalue weighted by Gasteiger charge is 2.44. The minimum Gasteiger partial charge on any atom is -0.420 e. The molecule has 0 aromatic heterocycles. The number of amides is 2. The summed E-state index contributed by atoms with van der Waals surface area (Å²) in [7, 11) is 0. The molecule has 2 aliphatic heterocycles. The van der Waals surface area contributed by atoms with E-state index in [0.29, 0.717) is 35.4 Å². The number of aliphatic hydroxyl groups excluding tert-OH is 1. The van der Waals surface area contributed by atoms with Crippen LogP contribution in [-0.4, -0.2) is 64.6 Å². The lowest BCUT2D eigenvalue weighted by molar-refractivity contribution is -0.0964. The molecular weight excluding hydrogens is 548 g/mol. The Kier molecular flexibility index (Phi) is 7.11. The van der Waals surface area contributed by atoms with Crippen LogP contribution in [0.3, 0.4) is 0 Å². The molecule has 1 atom stereocenters. The van der Waals surface area contributed by atoms with Crippen LogP contribution in [0.1, 0.15) is 46.5 Å². The number of rotatable bonds is 7. The second-order valence-corrected chi connectivity index (χ2v) is 10.5. The van der Waals surface area contributed by atoms with Gasteiger partial charge in [0.25, 0.3) is 11.8 Å². The number of benzene rings is 2. The summed E-state index contributed by atoms with van der Waals surface area (Å²) in [5.74, 6) is -0.775. The smallest absolute Gasteiger partial charge is 0.420 e. The number of β-amino-alcohol motifs (C(OH)–C–C–N with tert-alkyl or cyclic N) is 1. The molecule has 0 aliphatic carbocycles. The number of halogens is 4. The Morgan fingerprint density at radius 3 is 2.57 bits per heavy atom. The second-order valence-electron chi connectivity index (χ2n) is 9.17. The van der Waals surface area contributed by atoms with E-state index in [1.165, 1.54) is 24.3 Å². The first-order valence-electron chi connectivity index (χ1n) is 11.1. The van der Waals surface area contributed by atoms with Crippen LogP contribution >= 0.6 is 27.5 Å². The fraction of sp³-hybridized carbons (Fsp3) is 0.417. The summed E-state index contributed by atoms with van der Waals surface area (Å²) in [6.07, 6.45) is 0.408. The average molecular weight is 573 g/mol. The normalized spacial score (nSPS) is 19.7. The molecule has 4 rings (SSSR count). The van der Waals surface area contributed by atoms with Crippen LogP contribution in [0.15, 0.2) is 40.9 Å². The maximum absolute atomic E-state index is 13.3. The van der Waals surface area contributed by atoms with Crippen molar-refractivity contribution in [1.29, 1.82) is 0 Å². The molecule has 35 heavy (non-hydrogen) atoms. The zero-order valence-electron chi connectivity index (χ0n) is 19.2. The third kappa shape index (κ3) is 5.61. The topological polar surface area (TPSA) is 82.1 Å². The van der Waals surface area contributed by atoms with Crippen LogP contribution in [0.5, 0.6) is 5.75 Å².